The normalized spacial score (nSPS) is 10.0. The van der Waals surface area contributed by atoms with E-state index in [9.17, 15) is 9.59 Å². The average Bonchev–Trinajstić information content (AvgIpc) is 2.78. The number of hydrogen-bond donors (Lipinski definition) is 0. The molecular formula is C12H17NO3S. The number of hydrogen-bond acceptors (Lipinski definition) is 4. The molecule has 94 valence electrons. The molecule has 0 aromatic carbocycles. The van der Waals surface area contributed by atoms with Gasteiger partial charge in [-0.2, -0.15) is 11.3 Å². The second kappa shape index (κ2) is 7.06. The Kier molecular flexibility index (Phi) is 5.69. The highest BCUT2D eigenvalue weighted by atomic mass is 32.1. The molecule has 5 heteroatoms. The largest absolute Gasteiger partial charge is 0.465 e. The van der Waals surface area contributed by atoms with Crippen molar-refractivity contribution >= 4 is 23.2 Å². The molecular weight excluding hydrogens is 238 g/mol. The fourth-order valence-corrected chi connectivity index (χ4v) is 2.09. The van der Waals surface area contributed by atoms with E-state index in [0.29, 0.717) is 19.6 Å². The topological polar surface area (TPSA) is 46.6 Å². The molecule has 1 aromatic heterocycles. The van der Waals surface area contributed by atoms with Crippen LogP contribution in [0.25, 0.3) is 0 Å². The van der Waals surface area contributed by atoms with E-state index in [1.165, 1.54) is 4.90 Å². The highest BCUT2D eigenvalue weighted by molar-refractivity contribution is 7.07. The molecule has 1 rings (SSSR count). The van der Waals surface area contributed by atoms with Gasteiger partial charge in [0.25, 0.3) is 0 Å². The molecule has 0 saturated carbocycles. The maximum atomic E-state index is 11.9. The number of carbonyl (C=O) groups excluding carboxylic acids is 2. The van der Waals surface area contributed by atoms with Crippen molar-refractivity contribution in [3.05, 3.63) is 22.4 Å². The van der Waals surface area contributed by atoms with Gasteiger partial charge in [-0.25, -0.2) is 0 Å². The van der Waals surface area contributed by atoms with Gasteiger partial charge in [0.2, 0.25) is 5.91 Å². The maximum Gasteiger partial charge on any atom is 0.325 e. The molecule has 0 unspecified atom stereocenters. The zero-order valence-electron chi connectivity index (χ0n) is 10.1. The van der Waals surface area contributed by atoms with Crippen LogP contribution >= 0.6 is 11.3 Å². The summed E-state index contributed by atoms with van der Waals surface area (Å²) in [6.45, 7) is 4.50. The quantitative estimate of drug-likeness (QED) is 0.727. The van der Waals surface area contributed by atoms with E-state index in [1.807, 2.05) is 23.8 Å². The van der Waals surface area contributed by atoms with Crippen LogP contribution in [0.4, 0.5) is 0 Å². The molecule has 1 aromatic rings. The van der Waals surface area contributed by atoms with Crippen LogP contribution in [-0.4, -0.2) is 36.5 Å². The Morgan fingerprint density at radius 2 is 2.18 bits per heavy atom. The maximum absolute atomic E-state index is 11.9. The minimum absolute atomic E-state index is 0.0350. The van der Waals surface area contributed by atoms with Crippen molar-refractivity contribution < 1.29 is 14.3 Å². The lowest BCUT2D eigenvalue weighted by Crippen LogP contribution is -2.37. The third-order valence-electron chi connectivity index (χ3n) is 2.30. The molecule has 0 fully saturated rings. The second-order valence-corrected chi connectivity index (χ2v) is 4.30. The summed E-state index contributed by atoms with van der Waals surface area (Å²) < 4.78 is 4.83. The lowest BCUT2D eigenvalue weighted by molar-refractivity contribution is -0.148. The van der Waals surface area contributed by atoms with E-state index < -0.39 is 0 Å². The number of rotatable bonds is 6. The number of amides is 1. The van der Waals surface area contributed by atoms with Gasteiger partial charge in [0.05, 0.1) is 13.0 Å². The van der Waals surface area contributed by atoms with Crippen molar-refractivity contribution in [1.82, 2.24) is 4.90 Å². The zero-order valence-corrected chi connectivity index (χ0v) is 11.0. The first kappa shape index (κ1) is 13.7. The first-order valence-electron chi connectivity index (χ1n) is 5.61. The summed E-state index contributed by atoms with van der Waals surface area (Å²) in [5, 5.41) is 3.88. The molecule has 0 aliphatic heterocycles. The molecule has 0 saturated heterocycles. The Morgan fingerprint density at radius 3 is 2.71 bits per heavy atom. The van der Waals surface area contributed by atoms with Gasteiger partial charge in [0, 0.05) is 6.54 Å². The Bertz CT molecular complexity index is 362. The Balaban J connectivity index is 2.49. The minimum atomic E-state index is -0.354. The number of esters is 1. The Labute approximate surface area is 105 Å². The van der Waals surface area contributed by atoms with E-state index in [-0.39, 0.29) is 18.4 Å². The fourth-order valence-electron chi connectivity index (χ4n) is 1.42. The predicted molar refractivity (Wildman–Crippen MR) is 66.9 cm³/mol. The summed E-state index contributed by atoms with van der Waals surface area (Å²) in [6, 6.07) is 1.92. The molecule has 0 bridgehead atoms. The molecule has 0 N–H and O–H groups in total. The van der Waals surface area contributed by atoms with Gasteiger partial charge < -0.3 is 9.64 Å². The highest BCUT2D eigenvalue weighted by Crippen LogP contribution is 2.08. The predicted octanol–water partition coefficient (Wildman–Crippen LogP) is 1.70. The number of carbonyl (C=O) groups is 2. The summed E-state index contributed by atoms with van der Waals surface area (Å²) in [5.41, 5.74) is 0.988. The minimum Gasteiger partial charge on any atom is -0.465 e. The van der Waals surface area contributed by atoms with Gasteiger partial charge in [0.15, 0.2) is 0 Å². The highest BCUT2D eigenvalue weighted by Gasteiger charge is 2.16. The second-order valence-electron chi connectivity index (χ2n) is 3.52. The van der Waals surface area contributed by atoms with Gasteiger partial charge in [-0.1, -0.05) is 0 Å². The first-order chi connectivity index (χ1) is 8.17. The van der Waals surface area contributed by atoms with E-state index in [2.05, 4.69) is 0 Å². The van der Waals surface area contributed by atoms with E-state index >= 15 is 0 Å². The van der Waals surface area contributed by atoms with E-state index in [4.69, 9.17) is 4.74 Å². The summed E-state index contributed by atoms with van der Waals surface area (Å²) in [4.78, 5) is 24.7. The standard InChI is InChI=1S/C12H17NO3S/c1-3-13(8-12(15)16-4-2)11(14)7-10-5-6-17-9-10/h5-6,9H,3-4,7-8H2,1-2H3. The third kappa shape index (κ3) is 4.56. The Hall–Kier alpha value is -1.36. The first-order valence-corrected chi connectivity index (χ1v) is 6.56. The van der Waals surface area contributed by atoms with Crippen molar-refractivity contribution in [1.29, 1.82) is 0 Å². The van der Waals surface area contributed by atoms with Gasteiger partial charge in [-0.05, 0) is 36.2 Å². The monoisotopic (exact) mass is 255 g/mol. The van der Waals surface area contributed by atoms with Crippen LogP contribution < -0.4 is 0 Å². The van der Waals surface area contributed by atoms with Crippen molar-refractivity contribution in [2.45, 2.75) is 20.3 Å². The number of likely N-dealkylation sites (N-methyl/N-ethyl adjacent to an activating group) is 1. The Morgan fingerprint density at radius 1 is 1.41 bits per heavy atom. The van der Waals surface area contributed by atoms with Gasteiger partial charge in [-0.3, -0.25) is 9.59 Å². The van der Waals surface area contributed by atoms with Crippen molar-refractivity contribution in [3.8, 4) is 0 Å². The van der Waals surface area contributed by atoms with Crippen LogP contribution in [0.2, 0.25) is 0 Å². The van der Waals surface area contributed by atoms with Gasteiger partial charge in [-0.15, -0.1) is 0 Å². The van der Waals surface area contributed by atoms with Crippen LogP contribution in [0.5, 0.6) is 0 Å². The van der Waals surface area contributed by atoms with Crippen LogP contribution in [0, 0.1) is 0 Å². The fraction of sp³-hybridized carbons (Fsp3) is 0.500. The molecule has 0 spiro atoms. The van der Waals surface area contributed by atoms with Crippen LogP contribution in [0.15, 0.2) is 16.8 Å². The van der Waals surface area contributed by atoms with Crippen molar-refractivity contribution in [3.63, 3.8) is 0 Å². The zero-order chi connectivity index (χ0) is 12.7. The number of nitrogens with zero attached hydrogens (tertiary/aromatic N) is 1. The summed E-state index contributed by atoms with van der Waals surface area (Å²) in [7, 11) is 0. The summed E-state index contributed by atoms with van der Waals surface area (Å²) >= 11 is 1.56. The number of ether oxygens (including phenoxy) is 1. The summed E-state index contributed by atoms with van der Waals surface area (Å²) in [5.74, 6) is -0.396. The van der Waals surface area contributed by atoms with Crippen LogP contribution in [-0.2, 0) is 20.7 Å². The van der Waals surface area contributed by atoms with Gasteiger partial charge in [0.1, 0.15) is 6.54 Å². The third-order valence-corrected chi connectivity index (χ3v) is 3.03. The number of thiophene rings is 1. The lowest BCUT2D eigenvalue weighted by Gasteiger charge is -2.19. The van der Waals surface area contributed by atoms with E-state index in [0.717, 1.165) is 5.56 Å². The van der Waals surface area contributed by atoms with E-state index in [1.54, 1.807) is 18.3 Å². The smallest absolute Gasteiger partial charge is 0.325 e. The molecule has 0 radical (unpaired) electrons. The summed E-state index contributed by atoms with van der Waals surface area (Å²) in [6.07, 6.45) is 0.344. The molecule has 0 atom stereocenters. The van der Waals surface area contributed by atoms with Crippen LogP contribution in [0.1, 0.15) is 19.4 Å². The average molecular weight is 255 g/mol. The molecule has 1 amide bonds. The SMILES string of the molecule is CCOC(=O)CN(CC)C(=O)Cc1ccsc1. The molecule has 0 aliphatic rings. The molecule has 4 nitrogen and oxygen atoms in total. The molecule has 1 heterocycles. The molecule has 0 aliphatic carbocycles. The van der Waals surface area contributed by atoms with Crippen LogP contribution in [0.3, 0.4) is 0 Å². The lowest BCUT2D eigenvalue weighted by atomic mass is 10.2. The van der Waals surface area contributed by atoms with Gasteiger partial charge >= 0.3 is 5.97 Å². The van der Waals surface area contributed by atoms with Crippen molar-refractivity contribution in [2.75, 3.05) is 19.7 Å². The molecule has 17 heavy (non-hydrogen) atoms. The van der Waals surface area contributed by atoms with Crippen molar-refractivity contribution in [2.24, 2.45) is 0 Å².